The van der Waals surface area contributed by atoms with Gasteiger partial charge in [-0.25, -0.2) is 14.7 Å². The number of nitrogens with one attached hydrogen (secondary N) is 1. The Balaban J connectivity index is 1.37. The fourth-order valence-electron chi connectivity index (χ4n) is 4.56. The lowest BCUT2D eigenvalue weighted by molar-refractivity contribution is -0.274. The topological polar surface area (TPSA) is 105 Å². The molecule has 11 nitrogen and oxygen atoms in total. The summed E-state index contributed by atoms with van der Waals surface area (Å²) < 4.78 is 50.6. The molecule has 1 saturated heterocycles. The standard InChI is InChI=1S/C27H30F3N7O4/c1-26(2,3)41-25(39)37-15-17-14-36(16-19(17)23(37)38)22-7-8-31-24(33-22)32-20-13-18(35-11-9-34(4)10-12-35)5-6-21(20)40-27(28,29)30/h5-8,13-14,16H,9-12,15H2,1-4H3,(H,31,32,33). The van der Waals surface area contributed by atoms with E-state index in [0.29, 0.717) is 16.9 Å². The largest absolute Gasteiger partial charge is 0.573 e. The maximum atomic E-state index is 13.2. The van der Waals surface area contributed by atoms with Crippen molar-refractivity contribution in [2.75, 3.05) is 43.4 Å². The molecular weight excluding hydrogens is 543 g/mol. The van der Waals surface area contributed by atoms with Crippen LogP contribution in [0.2, 0.25) is 0 Å². The third-order valence-electron chi connectivity index (χ3n) is 6.54. The molecule has 5 rings (SSSR count). The molecule has 0 saturated carbocycles. The number of anilines is 3. The average molecular weight is 574 g/mol. The zero-order valence-corrected chi connectivity index (χ0v) is 23.0. The number of carbonyl (C=O) groups is 2. The molecule has 1 aromatic carbocycles. The van der Waals surface area contributed by atoms with Gasteiger partial charge in [0.2, 0.25) is 5.95 Å². The molecule has 2 aliphatic rings. The number of piperazine rings is 1. The van der Waals surface area contributed by atoms with Crippen molar-refractivity contribution in [3.8, 4) is 11.6 Å². The van der Waals surface area contributed by atoms with Gasteiger partial charge in [0.1, 0.15) is 11.4 Å². The molecule has 0 radical (unpaired) electrons. The van der Waals surface area contributed by atoms with Crippen LogP contribution in [0.1, 0.15) is 36.7 Å². The van der Waals surface area contributed by atoms with Crippen LogP contribution in [0.3, 0.4) is 0 Å². The monoisotopic (exact) mass is 573 g/mol. The molecular formula is C27H30F3N7O4. The van der Waals surface area contributed by atoms with Crippen LogP contribution in [0.4, 0.5) is 35.3 Å². The molecule has 2 aromatic heterocycles. The first-order chi connectivity index (χ1) is 19.3. The van der Waals surface area contributed by atoms with E-state index >= 15 is 0 Å². The molecule has 0 spiro atoms. The van der Waals surface area contributed by atoms with Gasteiger partial charge in [-0.3, -0.25) is 4.79 Å². The van der Waals surface area contributed by atoms with Gasteiger partial charge in [-0.05, 0) is 52.1 Å². The Morgan fingerprint density at radius 2 is 1.78 bits per heavy atom. The molecule has 41 heavy (non-hydrogen) atoms. The van der Waals surface area contributed by atoms with Crippen LogP contribution in [0.15, 0.2) is 42.9 Å². The number of amides is 2. The van der Waals surface area contributed by atoms with Crippen LogP contribution in [-0.4, -0.2) is 81.5 Å². The van der Waals surface area contributed by atoms with E-state index < -0.39 is 29.7 Å². The van der Waals surface area contributed by atoms with Crippen molar-refractivity contribution in [1.82, 2.24) is 24.3 Å². The summed E-state index contributed by atoms with van der Waals surface area (Å²) in [6.45, 7) is 8.30. The summed E-state index contributed by atoms with van der Waals surface area (Å²) in [5, 5.41) is 2.86. The number of aromatic nitrogens is 3. The van der Waals surface area contributed by atoms with Crippen LogP contribution in [0, 0.1) is 0 Å². The van der Waals surface area contributed by atoms with Crippen LogP contribution < -0.4 is 15.0 Å². The molecule has 218 valence electrons. The van der Waals surface area contributed by atoms with Crippen molar-refractivity contribution in [3.05, 3.63) is 54.0 Å². The molecule has 2 aliphatic heterocycles. The lowest BCUT2D eigenvalue weighted by Crippen LogP contribution is -2.44. The Morgan fingerprint density at radius 1 is 1.05 bits per heavy atom. The van der Waals surface area contributed by atoms with Gasteiger partial charge in [0, 0.05) is 56.0 Å². The minimum Gasteiger partial charge on any atom is -0.443 e. The molecule has 4 heterocycles. The minimum absolute atomic E-state index is 0.0284. The van der Waals surface area contributed by atoms with E-state index in [2.05, 4.69) is 29.8 Å². The maximum Gasteiger partial charge on any atom is 0.573 e. The Hall–Kier alpha value is -4.33. The van der Waals surface area contributed by atoms with E-state index in [1.807, 2.05) is 7.05 Å². The van der Waals surface area contributed by atoms with E-state index in [9.17, 15) is 22.8 Å². The molecule has 1 N–H and O–H groups in total. The van der Waals surface area contributed by atoms with Gasteiger partial charge in [0.25, 0.3) is 5.91 Å². The van der Waals surface area contributed by atoms with Gasteiger partial charge in [-0.1, -0.05) is 0 Å². The number of nitrogens with zero attached hydrogens (tertiary/aromatic N) is 6. The highest BCUT2D eigenvalue weighted by Crippen LogP contribution is 2.35. The van der Waals surface area contributed by atoms with E-state index in [4.69, 9.17) is 4.74 Å². The molecule has 1 fully saturated rings. The van der Waals surface area contributed by atoms with Crippen molar-refractivity contribution >= 4 is 29.3 Å². The van der Waals surface area contributed by atoms with Crippen molar-refractivity contribution in [1.29, 1.82) is 0 Å². The summed E-state index contributed by atoms with van der Waals surface area (Å²) in [6, 6.07) is 6.03. The fourth-order valence-corrected chi connectivity index (χ4v) is 4.56. The SMILES string of the molecule is CN1CCN(c2ccc(OC(F)(F)F)c(Nc3nccc(-n4cc5c(c4)C(=O)N(C(=O)OC(C)(C)C)C5)n3)c2)CC1. The fraction of sp³-hybridized carbons (Fsp3) is 0.407. The number of hydrogen-bond donors (Lipinski definition) is 1. The van der Waals surface area contributed by atoms with Gasteiger partial charge < -0.3 is 29.2 Å². The summed E-state index contributed by atoms with van der Waals surface area (Å²) >= 11 is 0. The number of imide groups is 1. The predicted octanol–water partition coefficient (Wildman–Crippen LogP) is 4.55. The summed E-state index contributed by atoms with van der Waals surface area (Å²) in [5.74, 6) is -0.519. The van der Waals surface area contributed by atoms with Crippen LogP contribution in [-0.2, 0) is 11.3 Å². The number of benzene rings is 1. The number of hydrogen-bond acceptors (Lipinski definition) is 9. The van der Waals surface area contributed by atoms with Gasteiger partial charge in [-0.2, -0.15) is 4.98 Å². The number of halogens is 3. The first-order valence-corrected chi connectivity index (χ1v) is 13.0. The van der Waals surface area contributed by atoms with Gasteiger partial charge in [-0.15, -0.1) is 13.2 Å². The quantitative estimate of drug-likeness (QED) is 0.471. The highest BCUT2D eigenvalue weighted by molar-refractivity contribution is 6.06. The van der Waals surface area contributed by atoms with Crippen LogP contribution in [0.25, 0.3) is 5.82 Å². The third-order valence-corrected chi connectivity index (χ3v) is 6.54. The van der Waals surface area contributed by atoms with Crippen molar-refractivity contribution in [2.24, 2.45) is 0 Å². The van der Waals surface area contributed by atoms with Gasteiger partial charge in [0.15, 0.2) is 5.75 Å². The van der Waals surface area contributed by atoms with Gasteiger partial charge >= 0.3 is 12.5 Å². The first-order valence-electron chi connectivity index (χ1n) is 13.0. The smallest absolute Gasteiger partial charge is 0.443 e. The number of carbonyl (C=O) groups excluding carboxylic acids is 2. The molecule has 0 bridgehead atoms. The van der Waals surface area contributed by atoms with E-state index in [-0.39, 0.29) is 18.2 Å². The minimum atomic E-state index is -4.89. The lowest BCUT2D eigenvalue weighted by Gasteiger charge is -2.34. The summed E-state index contributed by atoms with van der Waals surface area (Å²) in [6.07, 6.45) is -0.968. The van der Waals surface area contributed by atoms with Gasteiger partial charge in [0.05, 0.1) is 17.8 Å². The van der Waals surface area contributed by atoms with E-state index in [1.165, 1.54) is 12.3 Å². The van der Waals surface area contributed by atoms with E-state index in [0.717, 1.165) is 36.8 Å². The number of alkyl halides is 3. The Bertz CT molecular complexity index is 1460. The van der Waals surface area contributed by atoms with Crippen LogP contribution >= 0.6 is 0 Å². The zero-order chi connectivity index (χ0) is 29.5. The third kappa shape index (κ3) is 6.53. The second kappa shape index (κ2) is 10.6. The van der Waals surface area contributed by atoms with Crippen molar-refractivity contribution in [2.45, 2.75) is 39.3 Å². The second-order valence-electron chi connectivity index (χ2n) is 10.9. The number of ether oxygens (including phenoxy) is 2. The summed E-state index contributed by atoms with van der Waals surface area (Å²) in [4.78, 5) is 39.2. The van der Waals surface area contributed by atoms with E-state index in [1.54, 1.807) is 55.9 Å². The Labute approximate surface area is 234 Å². The number of rotatable bonds is 5. The summed E-state index contributed by atoms with van der Waals surface area (Å²) in [5.41, 5.74) is 0.971. The van der Waals surface area contributed by atoms with Crippen molar-refractivity contribution < 1.29 is 32.2 Å². The van der Waals surface area contributed by atoms with Crippen molar-refractivity contribution in [3.63, 3.8) is 0 Å². The molecule has 0 unspecified atom stereocenters. The maximum absolute atomic E-state index is 13.2. The number of fused-ring (bicyclic) bond motifs is 1. The van der Waals surface area contributed by atoms with Crippen LogP contribution in [0.5, 0.6) is 5.75 Å². The Morgan fingerprint density at radius 3 is 2.44 bits per heavy atom. The second-order valence-corrected chi connectivity index (χ2v) is 10.9. The normalized spacial score (nSPS) is 16.1. The first kappa shape index (κ1) is 28.2. The summed E-state index contributed by atoms with van der Waals surface area (Å²) in [7, 11) is 2.02. The highest BCUT2D eigenvalue weighted by atomic mass is 19.4. The molecule has 0 atom stereocenters. The highest BCUT2D eigenvalue weighted by Gasteiger charge is 2.36. The predicted molar refractivity (Wildman–Crippen MR) is 144 cm³/mol. The lowest BCUT2D eigenvalue weighted by atomic mass is 10.2. The molecule has 2 amide bonds. The number of likely N-dealkylation sites (N-methyl/N-ethyl adjacent to an activating group) is 1. The molecule has 0 aliphatic carbocycles. The molecule has 3 aromatic rings. The average Bonchev–Trinajstić information content (AvgIpc) is 3.43. The Kier molecular flexibility index (Phi) is 7.28. The molecule has 14 heteroatoms. The zero-order valence-electron chi connectivity index (χ0n) is 23.0.